The van der Waals surface area contributed by atoms with E-state index >= 15 is 0 Å². The van der Waals surface area contributed by atoms with Gasteiger partial charge in [0, 0.05) is 0 Å². The summed E-state index contributed by atoms with van der Waals surface area (Å²) in [5, 5.41) is 29.6. The van der Waals surface area contributed by atoms with Gasteiger partial charge in [0.05, 0.1) is 23.3 Å². The van der Waals surface area contributed by atoms with Crippen molar-refractivity contribution in [2.75, 3.05) is 0 Å². The summed E-state index contributed by atoms with van der Waals surface area (Å²) in [6.07, 6.45) is 9.64. The van der Waals surface area contributed by atoms with E-state index in [0.717, 1.165) is 56.1 Å². The zero-order valence-electron chi connectivity index (χ0n) is 22.3. The maximum Gasteiger partial charge on any atom is 0.236 e. The summed E-state index contributed by atoms with van der Waals surface area (Å²) in [6, 6.07) is 18.1. The molecule has 0 spiro atoms. The predicted octanol–water partition coefficient (Wildman–Crippen LogP) is 5.26. The zero-order chi connectivity index (χ0) is 26.6. The minimum absolute atomic E-state index is 0.311. The van der Waals surface area contributed by atoms with Gasteiger partial charge in [-0.3, -0.25) is 9.59 Å². The van der Waals surface area contributed by atoms with Crippen molar-refractivity contribution >= 4 is 11.8 Å². The van der Waals surface area contributed by atoms with Crippen LogP contribution in [0.4, 0.5) is 0 Å². The fourth-order valence-electron chi connectivity index (χ4n) is 7.15. The molecule has 5 rings (SSSR count). The Labute approximate surface area is 226 Å². The number of hydrogen-bond donors (Lipinski definition) is 4. The van der Waals surface area contributed by atoms with E-state index in [0.29, 0.717) is 38.5 Å². The molecule has 3 fully saturated rings. The molecule has 0 aromatic heterocycles. The van der Waals surface area contributed by atoms with Crippen LogP contribution in [0, 0.1) is 5.41 Å². The van der Waals surface area contributed by atoms with Crippen molar-refractivity contribution in [3.8, 4) is 0 Å². The second kappa shape index (κ2) is 11.2. The Morgan fingerprint density at radius 2 is 0.895 bits per heavy atom. The smallest absolute Gasteiger partial charge is 0.236 e. The van der Waals surface area contributed by atoms with E-state index in [-0.39, 0.29) is 11.8 Å². The number of nitrogens with one attached hydrogen (secondary N) is 2. The zero-order valence-corrected chi connectivity index (χ0v) is 22.3. The molecule has 6 nitrogen and oxygen atoms in total. The number of carbonyl (C=O) groups excluding carboxylic acids is 2. The average molecular weight is 519 g/mol. The molecule has 0 aliphatic heterocycles. The molecule has 2 atom stereocenters. The third-order valence-corrected chi connectivity index (χ3v) is 9.41. The normalized spacial score (nSPS) is 23.3. The van der Waals surface area contributed by atoms with Crippen LogP contribution in [0.1, 0.15) is 107 Å². The van der Waals surface area contributed by atoms with Gasteiger partial charge in [0.25, 0.3) is 0 Å². The van der Waals surface area contributed by atoms with Crippen molar-refractivity contribution in [2.24, 2.45) is 5.41 Å². The van der Waals surface area contributed by atoms with Crippen LogP contribution >= 0.6 is 0 Å². The van der Waals surface area contributed by atoms with E-state index in [9.17, 15) is 19.8 Å². The monoisotopic (exact) mass is 518 g/mol. The largest absolute Gasteiger partial charge is 0.387 e. The van der Waals surface area contributed by atoms with Gasteiger partial charge in [-0.15, -0.1) is 0 Å². The second-order valence-electron chi connectivity index (χ2n) is 11.9. The van der Waals surface area contributed by atoms with Crippen LogP contribution in [-0.4, -0.2) is 33.2 Å². The van der Waals surface area contributed by atoms with Gasteiger partial charge >= 0.3 is 0 Å². The van der Waals surface area contributed by atoms with Crippen molar-refractivity contribution < 1.29 is 19.8 Å². The van der Waals surface area contributed by atoms with Crippen LogP contribution in [0.15, 0.2) is 60.7 Å². The fourth-order valence-corrected chi connectivity index (χ4v) is 7.15. The lowest BCUT2D eigenvalue weighted by Crippen LogP contribution is -2.57. The molecule has 2 aromatic rings. The fraction of sp³-hybridized carbons (Fsp3) is 0.562. The lowest BCUT2D eigenvalue weighted by Gasteiger charge is -2.41. The van der Waals surface area contributed by atoms with Crippen LogP contribution < -0.4 is 10.6 Å². The summed E-state index contributed by atoms with van der Waals surface area (Å²) in [5.74, 6) is -0.622. The predicted molar refractivity (Wildman–Crippen MR) is 147 cm³/mol. The van der Waals surface area contributed by atoms with Crippen LogP contribution in [-0.2, 0) is 9.59 Å². The Morgan fingerprint density at radius 1 is 0.553 bits per heavy atom. The second-order valence-corrected chi connectivity index (χ2v) is 11.9. The molecule has 204 valence electrons. The average Bonchev–Trinajstić information content (AvgIpc) is 3.60. The third kappa shape index (κ3) is 5.26. The highest BCUT2D eigenvalue weighted by Gasteiger charge is 2.51. The van der Waals surface area contributed by atoms with Gasteiger partial charge < -0.3 is 20.8 Å². The molecule has 0 unspecified atom stereocenters. The highest BCUT2D eigenvalue weighted by atomic mass is 16.3. The Hall–Kier alpha value is -2.70. The van der Waals surface area contributed by atoms with E-state index in [1.54, 1.807) is 0 Å². The summed E-state index contributed by atoms with van der Waals surface area (Å²) in [4.78, 5) is 28.4. The van der Waals surface area contributed by atoms with Crippen molar-refractivity contribution in [3.05, 3.63) is 71.8 Å². The van der Waals surface area contributed by atoms with E-state index in [1.165, 1.54) is 0 Å². The third-order valence-electron chi connectivity index (χ3n) is 9.41. The van der Waals surface area contributed by atoms with Crippen LogP contribution in [0.5, 0.6) is 0 Å². The molecule has 0 bridgehead atoms. The van der Waals surface area contributed by atoms with Gasteiger partial charge in [-0.2, -0.15) is 0 Å². The summed E-state index contributed by atoms with van der Waals surface area (Å²) < 4.78 is 0. The summed E-state index contributed by atoms with van der Waals surface area (Å²) in [5.41, 5.74) is -1.58. The number of benzene rings is 2. The quantitative estimate of drug-likeness (QED) is 0.358. The van der Waals surface area contributed by atoms with E-state index in [1.807, 2.05) is 60.7 Å². The summed E-state index contributed by atoms with van der Waals surface area (Å²) >= 11 is 0. The van der Waals surface area contributed by atoms with Crippen molar-refractivity contribution in [1.82, 2.24) is 10.6 Å². The molecular weight excluding hydrogens is 476 g/mol. The van der Waals surface area contributed by atoms with Crippen LogP contribution in [0.25, 0.3) is 0 Å². The van der Waals surface area contributed by atoms with Gasteiger partial charge in [0.2, 0.25) is 11.8 Å². The van der Waals surface area contributed by atoms with Crippen molar-refractivity contribution in [2.45, 2.75) is 107 Å². The first-order chi connectivity index (χ1) is 18.4. The molecule has 3 aliphatic carbocycles. The van der Waals surface area contributed by atoms with Gasteiger partial charge in [-0.05, 0) is 49.7 Å². The minimum Gasteiger partial charge on any atom is -0.387 e. The topological polar surface area (TPSA) is 98.7 Å². The SMILES string of the molecule is O=C(N[C@H](c1ccccc1)C1(O)CCCC1)C1(C(=O)N[C@H](c2ccccc2)C2(O)CCCC2)CCCCC1. The number of aliphatic hydroxyl groups is 2. The Balaban J connectivity index is 1.45. The van der Waals surface area contributed by atoms with Gasteiger partial charge in [-0.25, -0.2) is 0 Å². The minimum atomic E-state index is -1.23. The number of rotatable bonds is 8. The maximum absolute atomic E-state index is 14.2. The molecule has 0 heterocycles. The van der Waals surface area contributed by atoms with Crippen LogP contribution in [0.3, 0.4) is 0 Å². The molecule has 3 saturated carbocycles. The Morgan fingerprint density at radius 3 is 1.26 bits per heavy atom. The molecule has 0 saturated heterocycles. The number of amides is 2. The molecule has 3 aliphatic rings. The first-order valence-corrected chi connectivity index (χ1v) is 14.5. The molecular formula is C32H42N2O4. The van der Waals surface area contributed by atoms with E-state index in [2.05, 4.69) is 10.6 Å². The van der Waals surface area contributed by atoms with Gasteiger partial charge in [-0.1, -0.05) is 106 Å². The number of hydrogen-bond acceptors (Lipinski definition) is 4. The maximum atomic E-state index is 14.2. The molecule has 4 N–H and O–H groups in total. The van der Waals surface area contributed by atoms with Gasteiger partial charge in [0.1, 0.15) is 5.41 Å². The first kappa shape index (κ1) is 26.9. The molecule has 2 aromatic carbocycles. The highest BCUT2D eigenvalue weighted by molar-refractivity contribution is 6.05. The first-order valence-electron chi connectivity index (χ1n) is 14.5. The Bertz CT molecular complexity index is 1000. The van der Waals surface area contributed by atoms with E-state index < -0.39 is 28.7 Å². The Kier molecular flexibility index (Phi) is 7.92. The van der Waals surface area contributed by atoms with Crippen molar-refractivity contribution in [1.29, 1.82) is 0 Å². The van der Waals surface area contributed by atoms with E-state index in [4.69, 9.17) is 0 Å². The number of carbonyl (C=O) groups is 2. The summed E-state index contributed by atoms with van der Waals surface area (Å²) in [7, 11) is 0. The lowest BCUT2D eigenvalue weighted by molar-refractivity contribution is -0.149. The molecule has 2 amide bonds. The molecule has 6 heteroatoms. The lowest BCUT2D eigenvalue weighted by atomic mass is 9.71. The van der Waals surface area contributed by atoms with Gasteiger partial charge in [0.15, 0.2) is 0 Å². The standard InChI is InChI=1S/C32H42N2O4/c35-28(33-26(24-14-4-1-5-15-24)31(37)20-10-11-21-31)30(18-8-3-9-19-30)29(36)34-27(25-16-6-2-7-17-25)32(38)22-12-13-23-32/h1-2,4-7,14-17,26-27,37-38H,3,8-13,18-23H2,(H,33,35)(H,34,36)/t26-,27-/m1/s1. The molecule has 38 heavy (non-hydrogen) atoms. The molecule has 0 radical (unpaired) electrons. The highest BCUT2D eigenvalue weighted by Crippen LogP contribution is 2.44. The van der Waals surface area contributed by atoms with Crippen molar-refractivity contribution in [3.63, 3.8) is 0 Å². The van der Waals surface area contributed by atoms with Crippen LogP contribution in [0.2, 0.25) is 0 Å². The summed E-state index contributed by atoms with van der Waals surface area (Å²) in [6.45, 7) is 0.